The number of carbonyl (C=O) groups is 1. The molecular weight excluding hydrogens is 304 g/mol. The second-order valence-corrected chi connectivity index (χ2v) is 6.69. The average molecular weight is 320 g/mol. The van der Waals surface area contributed by atoms with Gasteiger partial charge in [0.05, 0.1) is 0 Å². The minimum absolute atomic E-state index is 0.0969. The summed E-state index contributed by atoms with van der Waals surface area (Å²) in [6, 6.07) is 19.7. The lowest BCUT2D eigenvalue weighted by Gasteiger charge is -2.31. The van der Waals surface area contributed by atoms with E-state index in [-0.39, 0.29) is 5.91 Å². The standard InChI is InChI=1S/C19H16N2OS/c1-15(22)21-19(2,17-11-7-4-8-12-17)23-18(20-21)14-13-16-9-5-3-6-10-16/h3-12H,1-2H3. The molecule has 0 aromatic heterocycles. The molecule has 4 heteroatoms. The van der Waals surface area contributed by atoms with Crippen LogP contribution in [0.25, 0.3) is 0 Å². The number of hydrogen-bond donors (Lipinski definition) is 0. The zero-order chi connectivity index (χ0) is 16.3. The van der Waals surface area contributed by atoms with Gasteiger partial charge in [0.25, 0.3) is 0 Å². The maximum absolute atomic E-state index is 12.0. The van der Waals surface area contributed by atoms with E-state index >= 15 is 0 Å². The first-order valence-corrected chi connectivity index (χ1v) is 8.12. The highest BCUT2D eigenvalue weighted by Crippen LogP contribution is 2.45. The van der Waals surface area contributed by atoms with Gasteiger partial charge in [-0.25, -0.2) is 5.01 Å². The van der Waals surface area contributed by atoms with Crippen molar-refractivity contribution in [2.45, 2.75) is 18.7 Å². The largest absolute Gasteiger partial charge is 0.273 e. The van der Waals surface area contributed by atoms with Gasteiger partial charge in [0, 0.05) is 12.5 Å². The quantitative estimate of drug-likeness (QED) is 0.748. The maximum atomic E-state index is 12.0. The minimum atomic E-state index is -0.562. The fourth-order valence-electron chi connectivity index (χ4n) is 2.44. The number of nitrogens with zero attached hydrogens (tertiary/aromatic N) is 2. The Labute approximate surface area is 140 Å². The third-order valence-corrected chi connectivity index (χ3v) is 4.77. The van der Waals surface area contributed by atoms with Crippen molar-refractivity contribution < 1.29 is 4.79 Å². The molecule has 23 heavy (non-hydrogen) atoms. The van der Waals surface area contributed by atoms with Crippen LogP contribution < -0.4 is 0 Å². The summed E-state index contributed by atoms with van der Waals surface area (Å²) in [5.41, 5.74) is 1.96. The summed E-state index contributed by atoms with van der Waals surface area (Å²) in [6.45, 7) is 3.52. The van der Waals surface area contributed by atoms with Crippen molar-refractivity contribution in [3.05, 3.63) is 71.8 Å². The van der Waals surface area contributed by atoms with E-state index in [2.05, 4.69) is 16.9 Å². The third-order valence-electron chi connectivity index (χ3n) is 3.59. The molecule has 0 saturated heterocycles. The highest BCUT2D eigenvalue weighted by atomic mass is 32.2. The van der Waals surface area contributed by atoms with Gasteiger partial charge >= 0.3 is 0 Å². The summed E-state index contributed by atoms with van der Waals surface area (Å²) in [4.78, 5) is 11.5. The fraction of sp³-hybridized carbons (Fsp3) is 0.158. The number of hydrazone groups is 1. The molecule has 3 rings (SSSR count). The van der Waals surface area contributed by atoms with Crippen molar-refractivity contribution in [2.24, 2.45) is 5.10 Å². The summed E-state index contributed by atoms with van der Waals surface area (Å²) in [5, 5.41) is 6.59. The molecule has 1 amide bonds. The van der Waals surface area contributed by atoms with Crippen LogP contribution >= 0.6 is 11.8 Å². The van der Waals surface area contributed by atoms with E-state index < -0.39 is 4.87 Å². The third kappa shape index (κ3) is 3.15. The monoisotopic (exact) mass is 320 g/mol. The van der Waals surface area contributed by atoms with Gasteiger partial charge in [-0.2, -0.15) is 5.10 Å². The van der Waals surface area contributed by atoms with E-state index in [9.17, 15) is 4.79 Å². The molecule has 1 aliphatic heterocycles. The molecule has 1 heterocycles. The number of benzene rings is 2. The van der Waals surface area contributed by atoms with Crippen molar-refractivity contribution >= 4 is 22.7 Å². The van der Waals surface area contributed by atoms with Gasteiger partial charge in [0.1, 0.15) is 4.87 Å². The van der Waals surface area contributed by atoms with Crippen LogP contribution in [0.5, 0.6) is 0 Å². The van der Waals surface area contributed by atoms with Gasteiger partial charge in [0.15, 0.2) is 5.04 Å². The second-order valence-electron chi connectivity index (χ2n) is 5.30. The molecule has 1 atom stereocenters. The van der Waals surface area contributed by atoms with E-state index in [1.807, 2.05) is 67.6 Å². The van der Waals surface area contributed by atoms with E-state index in [4.69, 9.17) is 0 Å². The zero-order valence-electron chi connectivity index (χ0n) is 13.0. The smallest absolute Gasteiger partial charge is 0.241 e. The molecule has 0 radical (unpaired) electrons. The normalized spacial score (nSPS) is 19.7. The molecule has 1 unspecified atom stereocenters. The molecular formula is C19H16N2OS. The summed E-state index contributed by atoms with van der Waals surface area (Å²) in [6.07, 6.45) is 0. The van der Waals surface area contributed by atoms with Crippen molar-refractivity contribution in [1.29, 1.82) is 0 Å². The van der Waals surface area contributed by atoms with E-state index in [1.165, 1.54) is 23.7 Å². The van der Waals surface area contributed by atoms with Crippen LogP contribution in [0.4, 0.5) is 0 Å². The van der Waals surface area contributed by atoms with Crippen LogP contribution in [0.1, 0.15) is 25.0 Å². The first kappa shape index (κ1) is 15.4. The van der Waals surface area contributed by atoms with Crippen LogP contribution in [0.15, 0.2) is 65.8 Å². The topological polar surface area (TPSA) is 32.7 Å². The molecule has 0 fully saturated rings. The highest BCUT2D eigenvalue weighted by molar-refractivity contribution is 8.15. The van der Waals surface area contributed by atoms with Crippen molar-refractivity contribution in [1.82, 2.24) is 5.01 Å². The number of amides is 1. The van der Waals surface area contributed by atoms with Gasteiger partial charge in [0.2, 0.25) is 5.91 Å². The molecule has 1 aliphatic rings. The Morgan fingerprint density at radius 2 is 1.65 bits per heavy atom. The molecule has 0 spiro atoms. The molecule has 3 nitrogen and oxygen atoms in total. The molecule has 0 aliphatic carbocycles. The molecule has 2 aromatic carbocycles. The van der Waals surface area contributed by atoms with Crippen molar-refractivity contribution in [3.63, 3.8) is 0 Å². The van der Waals surface area contributed by atoms with E-state index in [0.717, 1.165) is 11.1 Å². The molecule has 0 saturated carbocycles. The minimum Gasteiger partial charge on any atom is -0.273 e. The van der Waals surface area contributed by atoms with Crippen molar-refractivity contribution in [2.75, 3.05) is 0 Å². The zero-order valence-corrected chi connectivity index (χ0v) is 13.8. The van der Waals surface area contributed by atoms with Crippen LogP contribution in [0.2, 0.25) is 0 Å². The van der Waals surface area contributed by atoms with Crippen LogP contribution in [-0.2, 0) is 9.67 Å². The molecule has 0 bridgehead atoms. The predicted molar refractivity (Wildman–Crippen MR) is 94.7 cm³/mol. The van der Waals surface area contributed by atoms with Gasteiger partial charge in [-0.15, -0.1) is 0 Å². The Bertz CT molecular complexity index is 806. The number of hydrogen-bond acceptors (Lipinski definition) is 3. The Kier molecular flexibility index (Phi) is 4.22. The van der Waals surface area contributed by atoms with Crippen molar-refractivity contribution in [3.8, 4) is 11.8 Å². The van der Waals surface area contributed by atoms with E-state index in [0.29, 0.717) is 5.04 Å². The lowest BCUT2D eigenvalue weighted by molar-refractivity contribution is -0.131. The Hall–Kier alpha value is -2.51. The van der Waals surface area contributed by atoms with E-state index in [1.54, 1.807) is 0 Å². The Balaban J connectivity index is 1.92. The maximum Gasteiger partial charge on any atom is 0.241 e. The first-order valence-electron chi connectivity index (χ1n) is 7.30. The lowest BCUT2D eigenvalue weighted by atomic mass is 10.1. The SMILES string of the molecule is CC(=O)N1N=C(C#Cc2ccccc2)SC1(C)c1ccccc1. The van der Waals surface area contributed by atoms with Gasteiger partial charge in [-0.1, -0.05) is 66.2 Å². The summed E-state index contributed by atoms with van der Waals surface area (Å²) in [7, 11) is 0. The van der Waals surface area contributed by atoms with Gasteiger partial charge in [-0.05, 0) is 30.5 Å². The number of carbonyl (C=O) groups excluding carboxylic acids is 1. The molecule has 2 aromatic rings. The number of rotatable bonds is 1. The number of thioether (sulfide) groups is 1. The molecule has 0 N–H and O–H groups in total. The Morgan fingerprint density at radius 1 is 1.04 bits per heavy atom. The van der Waals surface area contributed by atoms with Crippen LogP contribution in [-0.4, -0.2) is 16.0 Å². The summed E-state index contributed by atoms with van der Waals surface area (Å²) in [5.74, 6) is 6.08. The Morgan fingerprint density at radius 3 is 2.26 bits per heavy atom. The van der Waals surface area contributed by atoms with Crippen LogP contribution in [0, 0.1) is 11.8 Å². The summed E-state index contributed by atoms with van der Waals surface area (Å²) >= 11 is 1.50. The summed E-state index contributed by atoms with van der Waals surface area (Å²) < 4.78 is 0. The van der Waals surface area contributed by atoms with Crippen LogP contribution in [0.3, 0.4) is 0 Å². The second kappa shape index (κ2) is 6.31. The molecule has 114 valence electrons. The van der Waals surface area contributed by atoms with Gasteiger partial charge < -0.3 is 0 Å². The lowest BCUT2D eigenvalue weighted by Crippen LogP contribution is -2.37. The highest BCUT2D eigenvalue weighted by Gasteiger charge is 2.42. The average Bonchev–Trinajstić information content (AvgIpc) is 2.93. The first-order chi connectivity index (χ1) is 11.1. The van der Waals surface area contributed by atoms with Gasteiger partial charge in [-0.3, -0.25) is 4.79 Å². The predicted octanol–water partition coefficient (Wildman–Crippen LogP) is 3.82. The fourth-order valence-corrected chi connectivity index (χ4v) is 3.55.